The molecule has 1 saturated heterocycles. The standard InChI is InChI=1S/C13H22N2O2/c1-5-9-11(16)14-10(13(2,3)4)12(17)15(9)8-6-7-8/h8-10H,5-7H2,1-4H3,(H,14,16). The number of amides is 2. The largest absolute Gasteiger partial charge is 0.342 e. The molecule has 0 aromatic carbocycles. The van der Waals surface area contributed by atoms with Crippen molar-refractivity contribution in [3.05, 3.63) is 0 Å². The zero-order valence-corrected chi connectivity index (χ0v) is 11.1. The number of hydrogen-bond donors (Lipinski definition) is 1. The summed E-state index contributed by atoms with van der Waals surface area (Å²) in [5, 5.41) is 2.89. The summed E-state index contributed by atoms with van der Waals surface area (Å²) in [6, 6.07) is -0.324. The first-order chi connectivity index (χ1) is 7.86. The van der Waals surface area contributed by atoms with E-state index in [1.54, 1.807) is 0 Å². The van der Waals surface area contributed by atoms with Crippen molar-refractivity contribution in [1.29, 1.82) is 0 Å². The molecule has 0 radical (unpaired) electrons. The van der Waals surface area contributed by atoms with Crippen LogP contribution in [0.3, 0.4) is 0 Å². The summed E-state index contributed by atoms with van der Waals surface area (Å²) in [7, 11) is 0. The molecule has 2 aliphatic rings. The lowest BCUT2D eigenvalue weighted by molar-refractivity contribution is -0.153. The Morgan fingerprint density at radius 1 is 1.29 bits per heavy atom. The first-order valence-electron chi connectivity index (χ1n) is 6.48. The van der Waals surface area contributed by atoms with Gasteiger partial charge in [0, 0.05) is 6.04 Å². The van der Waals surface area contributed by atoms with Crippen LogP contribution in [0.25, 0.3) is 0 Å². The molecule has 1 aliphatic heterocycles. The van der Waals surface area contributed by atoms with Crippen LogP contribution in [0.15, 0.2) is 0 Å². The Bertz CT molecular complexity index is 342. The van der Waals surface area contributed by atoms with Gasteiger partial charge in [0.25, 0.3) is 0 Å². The molecule has 0 aromatic rings. The van der Waals surface area contributed by atoms with Crippen molar-refractivity contribution >= 4 is 11.8 Å². The molecule has 1 saturated carbocycles. The molecule has 2 amide bonds. The zero-order chi connectivity index (χ0) is 12.8. The first-order valence-corrected chi connectivity index (χ1v) is 6.48. The van der Waals surface area contributed by atoms with Crippen LogP contribution in [-0.4, -0.2) is 34.8 Å². The SMILES string of the molecule is CCC1C(=O)NC(C(C)(C)C)C(=O)N1C1CC1. The third-order valence-electron chi connectivity index (χ3n) is 3.62. The number of rotatable bonds is 2. The maximum Gasteiger partial charge on any atom is 0.246 e. The van der Waals surface area contributed by atoms with E-state index < -0.39 is 0 Å². The van der Waals surface area contributed by atoms with Gasteiger partial charge in [-0.2, -0.15) is 0 Å². The van der Waals surface area contributed by atoms with E-state index in [1.165, 1.54) is 0 Å². The molecule has 1 aliphatic carbocycles. The Kier molecular flexibility index (Phi) is 2.92. The molecule has 4 heteroatoms. The van der Waals surface area contributed by atoms with E-state index in [1.807, 2.05) is 32.6 Å². The van der Waals surface area contributed by atoms with Crippen LogP contribution in [0.1, 0.15) is 47.0 Å². The highest BCUT2D eigenvalue weighted by Crippen LogP contribution is 2.34. The average molecular weight is 238 g/mol. The minimum atomic E-state index is -0.376. The molecule has 2 unspecified atom stereocenters. The summed E-state index contributed by atoms with van der Waals surface area (Å²) < 4.78 is 0. The van der Waals surface area contributed by atoms with Crippen molar-refractivity contribution in [1.82, 2.24) is 10.2 Å². The molecule has 0 spiro atoms. The van der Waals surface area contributed by atoms with Gasteiger partial charge in [0.05, 0.1) is 0 Å². The number of nitrogens with zero attached hydrogens (tertiary/aromatic N) is 1. The lowest BCUT2D eigenvalue weighted by Crippen LogP contribution is -2.66. The van der Waals surface area contributed by atoms with Crippen molar-refractivity contribution in [3.63, 3.8) is 0 Å². The Labute approximate surface area is 103 Å². The first kappa shape index (κ1) is 12.4. The highest BCUT2D eigenvalue weighted by atomic mass is 16.2. The summed E-state index contributed by atoms with van der Waals surface area (Å²) in [4.78, 5) is 26.4. The lowest BCUT2D eigenvalue weighted by atomic mass is 9.83. The lowest BCUT2D eigenvalue weighted by Gasteiger charge is -2.43. The third kappa shape index (κ3) is 2.17. The molecule has 17 heavy (non-hydrogen) atoms. The fraction of sp³-hybridized carbons (Fsp3) is 0.846. The predicted octanol–water partition coefficient (Wildman–Crippen LogP) is 1.30. The van der Waals surface area contributed by atoms with Crippen LogP contribution < -0.4 is 5.32 Å². The molecular weight excluding hydrogens is 216 g/mol. The second kappa shape index (κ2) is 4.00. The number of hydrogen-bond acceptors (Lipinski definition) is 2. The predicted molar refractivity (Wildman–Crippen MR) is 65.3 cm³/mol. The molecule has 0 bridgehead atoms. The molecule has 0 aromatic heterocycles. The Balaban J connectivity index is 2.26. The fourth-order valence-corrected chi connectivity index (χ4v) is 2.49. The topological polar surface area (TPSA) is 49.4 Å². The number of carbonyl (C=O) groups is 2. The molecule has 2 fully saturated rings. The van der Waals surface area contributed by atoms with Crippen LogP contribution in [0.5, 0.6) is 0 Å². The van der Waals surface area contributed by atoms with E-state index in [9.17, 15) is 9.59 Å². The van der Waals surface area contributed by atoms with Crippen LogP contribution in [0, 0.1) is 5.41 Å². The summed E-state index contributed by atoms with van der Waals surface area (Å²) in [6.45, 7) is 7.94. The van der Waals surface area contributed by atoms with Gasteiger partial charge in [-0.3, -0.25) is 9.59 Å². The minimum absolute atomic E-state index is 0.0129. The van der Waals surface area contributed by atoms with Crippen LogP contribution in [-0.2, 0) is 9.59 Å². The van der Waals surface area contributed by atoms with Crippen molar-refractivity contribution in [2.75, 3.05) is 0 Å². The number of carbonyl (C=O) groups excluding carboxylic acids is 2. The van der Waals surface area contributed by atoms with E-state index in [4.69, 9.17) is 0 Å². The summed E-state index contributed by atoms with van der Waals surface area (Å²) in [6.07, 6.45) is 2.80. The van der Waals surface area contributed by atoms with Gasteiger partial charge in [-0.1, -0.05) is 27.7 Å². The molecule has 4 nitrogen and oxygen atoms in total. The van der Waals surface area contributed by atoms with Gasteiger partial charge in [-0.05, 0) is 24.7 Å². The average Bonchev–Trinajstić information content (AvgIpc) is 3.02. The van der Waals surface area contributed by atoms with Gasteiger partial charge in [0.1, 0.15) is 12.1 Å². The highest BCUT2D eigenvalue weighted by Gasteiger charge is 2.49. The third-order valence-corrected chi connectivity index (χ3v) is 3.62. The van der Waals surface area contributed by atoms with E-state index in [0.29, 0.717) is 12.5 Å². The van der Waals surface area contributed by atoms with Crippen LogP contribution in [0.2, 0.25) is 0 Å². The fourth-order valence-electron chi connectivity index (χ4n) is 2.49. The second-order valence-corrected chi connectivity index (χ2v) is 6.21. The van der Waals surface area contributed by atoms with E-state index in [-0.39, 0.29) is 29.3 Å². The summed E-state index contributed by atoms with van der Waals surface area (Å²) in [5.41, 5.74) is -0.224. The summed E-state index contributed by atoms with van der Waals surface area (Å²) in [5.74, 6) is 0.116. The smallest absolute Gasteiger partial charge is 0.246 e. The molecule has 1 heterocycles. The molecule has 2 atom stereocenters. The molecule has 2 rings (SSSR count). The maximum atomic E-state index is 12.5. The zero-order valence-electron chi connectivity index (χ0n) is 11.1. The maximum absolute atomic E-state index is 12.5. The van der Waals surface area contributed by atoms with Crippen LogP contribution >= 0.6 is 0 Å². The highest BCUT2D eigenvalue weighted by molar-refractivity contribution is 5.97. The molecule has 1 N–H and O–H groups in total. The Morgan fingerprint density at radius 2 is 1.88 bits per heavy atom. The van der Waals surface area contributed by atoms with Gasteiger partial charge in [-0.25, -0.2) is 0 Å². The Hall–Kier alpha value is -1.06. The van der Waals surface area contributed by atoms with Gasteiger partial charge >= 0.3 is 0 Å². The number of nitrogens with one attached hydrogen (secondary N) is 1. The minimum Gasteiger partial charge on any atom is -0.342 e. The Morgan fingerprint density at radius 3 is 2.29 bits per heavy atom. The second-order valence-electron chi connectivity index (χ2n) is 6.21. The van der Waals surface area contributed by atoms with Crippen LogP contribution in [0.4, 0.5) is 0 Å². The summed E-state index contributed by atoms with van der Waals surface area (Å²) >= 11 is 0. The number of piperazine rings is 1. The van der Waals surface area contributed by atoms with Crippen molar-refractivity contribution in [3.8, 4) is 0 Å². The quantitative estimate of drug-likeness (QED) is 0.788. The molecule has 96 valence electrons. The normalized spacial score (nSPS) is 30.5. The van der Waals surface area contributed by atoms with Crippen molar-refractivity contribution < 1.29 is 9.59 Å². The van der Waals surface area contributed by atoms with Crippen molar-refractivity contribution in [2.24, 2.45) is 5.41 Å². The van der Waals surface area contributed by atoms with E-state index in [0.717, 1.165) is 12.8 Å². The van der Waals surface area contributed by atoms with E-state index >= 15 is 0 Å². The van der Waals surface area contributed by atoms with Gasteiger partial charge < -0.3 is 10.2 Å². The van der Waals surface area contributed by atoms with Crippen molar-refractivity contribution in [2.45, 2.75) is 65.1 Å². The molecular formula is C13H22N2O2. The van der Waals surface area contributed by atoms with E-state index in [2.05, 4.69) is 5.32 Å². The van der Waals surface area contributed by atoms with Gasteiger partial charge in [0.2, 0.25) is 11.8 Å². The van der Waals surface area contributed by atoms with Gasteiger partial charge in [0.15, 0.2) is 0 Å². The van der Waals surface area contributed by atoms with Gasteiger partial charge in [-0.15, -0.1) is 0 Å². The monoisotopic (exact) mass is 238 g/mol.